The maximum Gasteiger partial charge on any atom is 0.165 e. The van der Waals surface area contributed by atoms with Crippen molar-refractivity contribution in [3.63, 3.8) is 0 Å². The molecule has 0 aromatic heterocycles. The minimum atomic E-state index is -0.300. The minimum absolute atomic E-state index is 0.115. The van der Waals surface area contributed by atoms with Crippen LogP contribution in [0.3, 0.4) is 0 Å². The predicted molar refractivity (Wildman–Crippen MR) is 84.8 cm³/mol. The van der Waals surface area contributed by atoms with E-state index >= 15 is 0 Å². The molecule has 0 amide bonds. The van der Waals surface area contributed by atoms with Crippen LogP contribution in [0.25, 0.3) is 0 Å². The van der Waals surface area contributed by atoms with E-state index in [1.54, 1.807) is 6.07 Å². The molecule has 0 heterocycles. The predicted octanol–water partition coefficient (Wildman–Crippen LogP) is 4.69. The molecule has 0 spiro atoms. The van der Waals surface area contributed by atoms with E-state index in [0.717, 1.165) is 12.0 Å². The molecule has 1 aliphatic carbocycles. The summed E-state index contributed by atoms with van der Waals surface area (Å²) in [5, 5.41) is 0. The molecule has 1 aromatic carbocycles. The zero-order valence-electron chi connectivity index (χ0n) is 13.6. The van der Waals surface area contributed by atoms with E-state index in [1.165, 1.54) is 18.9 Å². The van der Waals surface area contributed by atoms with E-state index in [0.29, 0.717) is 23.5 Å². The first-order valence-electron chi connectivity index (χ1n) is 8.10. The molecular weight excluding hydrogens is 265 g/mol. The number of ether oxygens (including phenoxy) is 1. The van der Waals surface area contributed by atoms with E-state index in [2.05, 4.69) is 20.8 Å². The first-order chi connectivity index (χ1) is 9.88. The Balaban J connectivity index is 2.15. The lowest BCUT2D eigenvalue weighted by atomic mass is 9.75. The summed E-state index contributed by atoms with van der Waals surface area (Å²) in [6.07, 6.45) is 3.54. The highest BCUT2D eigenvalue weighted by molar-refractivity contribution is 5.31. The Morgan fingerprint density at radius 2 is 1.95 bits per heavy atom. The van der Waals surface area contributed by atoms with Gasteiger partial charge in [0.2, 0.25) is 0 Å². The van der Waals surface area contributed by atoms with Gasteiger partial charge in [-0.3, -0.25) is 0 Å². The Labute approximate surface area is 127 Å². The first kappa shape index (κ1) is 16.3. The molecule has 4 unspecified atom stereocenters. The van der Waals surface area contributed by atoms with Crippen LogP contribution in [0.4, 0.5) is 4.39 Å². The molecule has 1 fully saturated rings. The molecule has 2 rings (SSSR count). The van der Waals surface area contributed by atoms with Crippen LogP contribution in [0.15, 0.2) is 18.2 Å². The molecule has 1 aromatic rings. The number of halogens is 1. The zero-order chi connectivity index (χ0) is 15.6. The maximum absolute atomic E-state index is 14.2. The van der Waals surface area contributed by atoms with E-state index in [1.807, 2.05) is 13.0 Å². The minimum Gasteiger partial charge on any atom is -0.487 e. The van der Waals surface area contributed by atoms with Crippen LogP contribution >= 0.6 is 0 Å². The summed E-state index contributed by atoms with van der Waals surface area (Å²) in [6, 6.07) is 4.92. The number of nitrogens with two attached hydrogens (primary N) is 1. The Morgan fingerprint density at radius 3 is 2.52 bits per heavy atom. The van der Waals surface area contributed by atoms with Crippen molar-refractivity contribution in [2.45, 2.75) is 59.1 Å². The van der Waals surface area contributed by atoms with E-state index in [9.17, 15) is 4.39 Å². The van der Waals surface area contributed by atoms with Gasteiger partial charge in [-0.2, -0.15) is 0 Å². The molecule has 2 nitrogen and oxygen atoms in total. The molecule has 0 saturated heterocycles. The van der Waals surface area contributed by atoms with Crippen molar-refractivity contribution in [1.82, 2.24) is 0 Å². The van der Waals surface area contributed by atoms with Crippen LogP contribution in [0.2, 0.25) is 0 Å². The van der Waals surface area contributed by atoms with Crippen molar-refractivity contribution in [1.29, 1.82) is 0 Å². The second-order valence-corrected chi connectivity index (χ2v) is 6.96. The summed E-state index contributed by atoms with van der Waals surface area (Å²) in [6.45, 7) is 8.56. The van der Waals surface area contributed by atoms with Gasteiger partial charge < -0.3 is 10.5 Å². The Kier molecular flexibility index (Phi) is 5.26. The van der Waals surface area contributed by atoms with Crippen molar-refractivity contribution in [3.05, 3.63) is 29.6 Å². The van der Waals surface area contributed by atoms with Crippen molar-refractivity contribution in [3.8, 4) is 5.75 Å². The molecule has 2 N–H and O–H groups in total. The van der Waals surface area contributed by atoms with Crippen LogP contribution in [-0.2, 0) is 0 Å². The number of hydrogen-bond acceptors (Lipinski definition) is 2. The lowest BCUT2D eigenvalue weighted by molar-refractivity contribution is 0.0431. The fraction of sp³-hybridized carbons (Fsp3) is 0.667. The molecule has 4 atom stereocenters. The lowest BCUT2D eigenvalue weighted by Crippen LogP contribution is -2.36. The standard InChI is InChI=1S/C18H28FNO/c1-11(2)15-7-5-12(3)9-18(15)21-17-8-6-14(13(4)20)10-16(17)19/h6,8,10-13,15,18H,5,7,9,20H2,1-4H3. The average Bonchev–Trinajstić information content (AvgIpc) is 2.40. The zero-order valence-corrected chi connectivity index (χ0v) is 13.6. The topological polar surface area (TPSA) is 35.2 Å². The van der Waals surface area contributed by atoms with Crippen LogP contribution in [0, 0.1) is 23.6 Å². The molecular formula is C18H28FNO. The fourth-order valence-corrected chi connectivity index (χ4v) is 3.31. The van der Waals surface area contributed by atoms with Gasteiger partial charge in [-0.1, -0.05) is 33.3 Å². The second-order valence-electron chi connectivity index (χ2n) is 6.96. The van der Waals surface area contributed by atoms with Gasteiger partial charge in [0.05, 0.1) is 0 Å². The molecule has 0 radical (unpaired) electrons. The molecule has 118 valence electrons. The third kappa shape index (κ3) is 3.97. The van der Waals surface area contributed by atoms with Crippen LogP contribution in [-0.4, -0.2) is 6.10 Å². The van der Waals surface area contributed by atoms with Gasteiger partial charge in [0.1, 0.15) is 6.10 Å². The second kappa shape index (κ2) is 6.78. The average molecular weight is 293 g/mol. The van der Waals surface area contributed by atoms with Crippen LogP contribution < -0.4 is 10.5 Å². The monoisotopic (exact) mass is 293 g/mol. The molecule has 21 heavy (non-hydrogen) atoms. The number of benzene rings is 1. The Morgan fingerprint density at radius 1 is 1.24 bits per heavy atom. The van der Waals surface area contributed by atoms with Crippen LogP contribution in [0.1, 0.15) is 58.6 Å². The maximum atomic E-state index is 14.2. The summed E-state index contributed by atoms with van der Waals surface area (Å²) in [4.78, 5) is 0. The van der Waals surface area contributed by atoms with Gasteiger partial charge in [0.25, 0.3) is 0 Å². The Bertz CT molecular complexity index is 472. The number of hydrogen-bond donors (Lipinski definition) is 1. The van der Waals surface area contributed by atoms with Crippen molar-refractivity contribution >= 4 is 0 Å². The van der Waals surface area contributed by atoms with Gasteiger partial charge in [0, 0.05) is 6.04 Å². The summed E-state index contributed by atoms with van der Waals surface area (Å²) in [5.41, 5.74) is 6.59. The summed E-state index contributed by atoms with van der Waals surface area (Å²) in [7, 11) is 0. The van der Waals surface area contributed by atoms with Gasteiger partial charge in [-0.05, 0) is 55.2 Å². The number of rotatable bonds is 4. The largest absolute Gasteiger partial charge is 0.487 e. The molecule has 0 bridgehead atoms. The van der Waals surface area contributed by atoms with Crippen LogP contribution in [0.5, 0.6) is 5.75 Å². The normalized spacial score (nSPS) is 27.7. The summed E-state index contributed by atoms with van der Waals surface area (Å²) < 4.78 is 20.3. The highest BCUT2D eigenvalue weighted by Crippen LogP contribution is 2.36. The third-order valence-electron chi connectivity index (χ3n) is 4.72. The molecule has 0 aliphatic heterocycles. The summed E-state index contributed by atoms with van der Waals surface area (Å²) >= 11 is 0. The van der Waals surface area contributed by atoms with Gasteiger partial charge in [-0.15, -0.1) is 0 Å². The quantitative estimate of drug-likeness (QED) is 0.874. The summed E-state index contributed by atoms with van der Waals surface area (Å²) in [5.74, 6) is 1.79. The molecule has 3 heteroatoms. The highest BCUT2D eigenvalue weighted by Gasteiger charge is 2.32. The third-order valence-corrected chi connectivity index (χ3v) is 4.72. The smallest absolute Gasteiger partial charge is 0.165 e. The molecule has 1 saturated carbocycles. The van der Waals surface area contributed by atoms with Gasteiger partial charge in [0.15, 0.2) is 11.6 Å². The van der Waals surface area contributed by atoms with E-state index in [-0.39, 0.29) is 18.0 Å². The lowest BCUT2D eigenvalue weighted by Gasteiger charge is -2.37. The van der Waals surface area contributed by atoms with Crippen molar-refractivity contribution < 1.29 is 9.13 Å². The van der Waals surface area contributed by atoms with Gasteiger partial charge >= 0.3 is 0 Å². The Hall–Kier alpha value is -1.09. The van der Waals surface area contributed by atoms with E-state index in [4.69, 9.17) is 10.5 Å². The van der Waals surface area contributed by atoms with E-state index < -0.39 is 0 Å². The highest BCUT2D eigenvalue weighted by atomic mass is 19.1. The fourth-order valence-electron chi connectivity index (χ4n) is 3.31. The molecule has 1 aliphatic rings. The first-order valence-corrected chi connectivity index (χ1v) is 8.10. The van der Waals surface area contributed by atoms with Gasteiger partial charge in [-0.25, -0.2) is 4.39 Å². The SMILES string of the molecule is CC1CCC(C(C)C)C(Oc2ccc(C(C)N)cc2F)C1. The van der Waals surface area contributed by atoms with Crippen molar-refractivity contribution in [2.24, 2.45) is 23.5 Å². The van der Waals surface area contributed by atoms with Crippen molar-refractivity contribution in [2.75, 3.05) is 0 Å².